The monoisotopic (exact) mass is 493 g/mol. The summed E-state index contributed by atoms with van der Waals surface area (Å²) in [6, 6.07) is 0. The number of nitrogens with zero attached hydrogens (tertiary/aromatic N) is 1. The third-order valence-electron chi connectivity index (χ3n) is 7.21. The van der Waals surface area contributed by atoms with E-state index < -0.39 is 31.6 Å². The highest BCUT2D eigenvalue weighted by Crippen LogP contribution is 2.45. The van der Waals surface area contributed by atoms with Crippen LogP contribution in [0.2, 0.25) is 19.6 Å². The number of hydrogen-bond acceptors (Lipinski definition) is 6. The van der Waals surface area contributed by atoms with Crippen LogP contribution in [0.3, 0.4) is 0 Å². The normalized spacial score (nSPS) is 30.6. The fraction of sp³-hybridized carbons (Fsp3) is 0.808. The van der Waals surface area contributed by atoms with Crippen molar-refractivity contribution < 1.29 is 28.7 Å². The van der Waals surface area contributed by atoms with Gasteiger partial charge < -0.3 is 14.3 Å². The predicted octanol–water partition coefficient (Wildman–Crippen LogP) is 5.02. The van der Waals surface area contributed by atoms with Crippen molar-refractivity contribution in [1.29, 1.82) is 0 Å². The van der Waals surface area contributed by atoms with E-state index in [4.69, 9.17) is 14.3 Å². The highest BCUT2D eigenvalue weighted by atomic mass is 28.3. The molecule has 3 rings (SSSR count). The summed E-state index contributed by atoms with van der Waals surface area (Å²) >= 11 is 0. The van der Waals surface area contributed by atoms with Gasteiger partial charge in [-0.05, 0) is 43.9 Å². The van der Waals surface area contributed by atoms with Gasteiger partial charge in [-0.25, -0.2) is 4.79 Å². The lowest BCUT2D eigenvalue weighted by atomic mass is 9.68. The molecular weight excluding hydrogens is 450 g/mol. The van der Waals surface area contributed by atoms with E-state index >= 15 is 0 Å². The van der Waals surface area contributed by atoms with Gasteiger partial charge in [0.15, 0.2) is 5.79 Å². The SMILES string of the molecule is C[C@@H]1CC[C@@H](CC(=O)ON2C(=O)CCC2=O)/C(=C/[Si](C)(C)C)[C@H]1CCC1(C)OCC(C)(C)CO1. The van der Waals surface area contributed by atoms with Crippen LogP contribution in [0, 0.1) is 23.2 Å². The lowest BCUT2D eigenvalue weighted by molar-refractivity contribution is -0.293. The first-order valence-electron chi connectivity index (χ1n) is 12.8. The topological polar surface area (TPSA) is 82.1 Å². The van der Waals surface area contributed by atoms with Crippen molar-refractivity contribution in [2.45, 2.75) is 98.1 Å². The summed E-state index contributed by atoms with van der Waals surface area (Å²) < 4.78 is 12.3. The van der Waals surface area contributed by atoms with Crippen molar-refractivity contribution in [1.82, 2.24) is 5.06 Å². The Labute approximate surface area is 205 Å². The molecule has 0 aromatic carbocycles. The summed E-state index contributed by atoms with van der Waals surface area (Å²) in [5.41, 5.74) is 3.82. The van der Waals surface area contributed by atoms with Gasteiger partial charge in [-0.2, -0.15) is 0 Å². The molecule has 7 nitrogen and oxygen atoms in total. The zero-order chi connectivity index (χ0) is 25.3. The van der Waals surface area contributed by atoms with Gasteiger partial charge in [0, 0.05) is 24.7 Å². The van der Waals surface area contributed by atoms with Crippen LogP contribution >= 0.6 is 0 Å². The minimum atomic E-state index is -1.57. The first-order valence-corrected chi connectivity index (χ1v) is 16.3. The average molecular weight is 494 g/mol. The average Bonchev–Trinajstić information content (AvgIpc) is 3.03. The maximum absolute atomic E-state index is 12.8. The molecule has 3 atom stereocenters. The molecule has 0 bridgehead atoms. The van der Waals surface area contributed by atoms with Crippen molar-refractivity contribution in [3.8, 4) is 0 Å². The number of allylic oxidation sites excluding steroid dienone is 1. The van der Waals surface area contributed by atoms with E-state index in [1.807, 2.05) is 6.92 Å². The minimum Gasteiger partial charge on any atom is -0.350 e. The quantitative estimate of drug-likeness (QED) is 0.366. The molecule has 34 heavy (non-hydrogen) atoms. The van der Waals surface area contributed by atoms with Gasteiger partial charge in [0.1, 0.15) is 0 Å². The molecule has 2 amide bonds. The fourth-order valence-electron chi connectivity index (χ4n) is 5.20. The summed E-state index contributed by atoms with van der Waals surface area (Å²) in [7, 11) is -1.57. The highest BCUT2D eigenvalue weighted by molar-refractivity contribution is 6.81. The number of imide groups is 1. The van der Waals surface area contributed by atoms with Gasteiger partial charge >= 0.3 is 5.97 Å². The molecule has 0 aromatic rings. The number of hydroxylamine groups is 2. The summed E-state index contributed by atoms with van der Waals surface area (Å²) in [6.07, 6.45) is 4.07. The lowest BCUT2D eigenvalue weighted by Crippen LogP contribution is -2.46. The smallest absolute Gasteiger partial charge is 0.333 e. The van der Waals surface area contributed by atoms with Crippen LogP contribution < -0.4 is 0 Å². The van der Waals surface area contributed by atoms with Gasteiger partial charge in [-0.3, -0.25) is 9.59 Å². The Bertz CT molecular complexity index is 804. The molecule has 0 spiro atoms. The number of hydrogen-bond donors (Lipinski definition) is 0. The van der Waals surface area contributed by atoms with E-state index in [9.17, 15) is 14.4 Å². The van der Waals surface area contributed by atoms with Gasteiger partial charge in [-0.1, -0.05) is 51.7 Å². The van der Waals surface area contributed by atoms with E-state index in [1.165, 1.54) is 5.57 Å². The predicted molar refractivity (Wildman–Crippen MR) is 132 cm³/mol. The molecule has 1 aliphatic carbocycles. The Morgan fingerprint density at radius 3 is 2.24 bits per heavy atom. The fourth-order valence-corrected chi connectivity index (χ4v) is 6.65. The number of amides is 2. The van der Waals surface area contributed by atoms with Crippen LogP contribution in [0.15, 0.2) is 11.3 Å². The van der Waals surface area contributed by atoms with E-state index in [2.05, 4.69) is 46.1 Å². The van der Waals surface area contributed by atoms with Crippen LogP contribution in [-0.4, -0.2) is 49.9 Å². The van der Waals surface area contributed by atoms with Crippen LogP contribution in [0.25, 0.3) is 0 Å². The molecular formula is C26H43NO6Si. The van der Waals surface area contributed by atoms with Crippen molar-refractivity contribution in [3.63, 3.8) is 0 Å². The van der Waals surface area contributed by atoms with Crippen molar-refractivity contribution in [3.05, 3.63) is 11.3 Å². The maximum Gasteiger partial charge on any atom is 0.333 e. The Balaban J connectivity index is 1.72. The van der Waals surface area contributed by atoms with Crippen molar-refractivity contribution in [2.75, 3.05) is 13.2 Å². The number of carbonyl (C=O) groups is 3. The third kappa shape index (κ3) is 7.01. The van der Waals surface area contributed by atoms with Crippen LogP contribution in [-0.2, 0) is 28.7 Å². The number of rotatable bonds is 7. The molecule has 1 saturated carbocycles. The molecule has 0 N–H and O–H groups in total. The first kappa shape index (κ1) is 27.1. The Morgan fingerprint density at radius 1 is 1.09 bits per heavy atom. The zero-order valence-corrected chi connectivity index (χ0v) is 23.1. The molecule has 0 radical (unpaired) electrons. The largest absolute Gasteiger partial charge is 0.350 e. The third-order valence-corrected chi connectivity index (χ3v) is 8.41. The van der Waals surface area contributed by atoms with E-state index in [0.717, 1.165) is 25.7 Å². The second-order valence-electron chi connectivity index (χ2n) is 12.5. The first-order chi connectivity index (χ1) is 15.7. The lowest BCUT2D eigenvalue weighted by Gasteiger charge is -2.44. The summed E-state index contributed by atoms with van der Waals surface area (Å²) in [6.45, 7) is 16.9. The van der Waals surface area contributed by atoms with Crippen molar-refractivity contribution in [2.24, 2.45) is 23.2 Å². The van der Waals surface area contributed by atoms with Crippen LogP contribution in [0.1, 0.15) is 72.6 Å². The van der Waals surface area contributed by atoms with E-state index in [0.29, 0.717) is 30.1 Å². The van der Waals surface area contributed by atoms with Gasteiger partial charge in [0.05, 0.1) is 27.7 Å². The minimum absolute atomic E-state index is 0.0318. The molecule has 192 valence electrons. The molecule has 0 aromatic heterocycles. The standard InChI is InChI=1S/C26H43NO6Si/c1-18-8-9-19(14-24(30)33-27-22(28)10-11-23(27)29)21(15-34(5,6)7)20(18)12-13-26(4)31-16-25(2,3)17-32-26/h15,18-20H,8-14,16-17H2,1-7H3/b21-15-/t18-,19+,20+/m1/s1. The van der Waals surface area contributed by atoms with Crippen LogP contribution in [0.4, 0.5) is 0 Å². The molecule has 2 saturated heterocycles. The van der Waals surface area contributed by atoms with E-state index in [1.54, 1.807) is 0 Å². The van der Waals surface area contributed by atoms with Gasteiger partial charge in [0.2, 0.25) is 0 Å². The molecule has 2 aliphatic heterocycles. The Hall–Kier alpha value is -1.51. The summed E-state index contributed by atoms with van der Waals surface area (Å²) in [5.74, 6) is -1.05. The molecule has 0 unspecified atom stereocenters. The second-order valence-corrected chi connectivity index (χ2v) is 17.6. The van der Waals surface area contributed by atoms with Gasteiger partial charge in [-0.15, -0.1) is 5.06 Å². The number of carbonyl (C=O) groups excluding carboxylic acids is 3. The number of ether oxygens (including phenoxy) is 2. The summed E-state index contributed by atoms with van der Waals surface area (Å²) in [5, 5.41) is 0.660. The molecule has 3 aliphatic rings. The van der Waals surface area contributed by atoms with Crippen molar-refractivity contribution >= 4 is 25.9 Å². The second kappa shape index (κ2) is 10.2. The highest BCUT2D eigenvalue weighted by Gasteiger charge is 2.41. The van der Waals surface area contributed by atoms with Crippen LogP contribution in [0.5, 0.6) is 0 Å². The molecule has 3 fully saturated rings. The zero-order valence-electron chi connectivity index (χ0n) is 22.1. The summed E-state index contributed by atoms with van der Waals surface area (Å²) in [4.78, 5) is 41.7. The van der Waals surface area contributed by atoms with E-state index in [-0.39, 0.29) is 30.6 Å². The Morgan fingerprint density at radius 2 is 1.68 bits per heavy atom. The van der Waals surface area contributed by atoms with Gasteiger partial charge in [0.25, 0.3) is 11.8 Å². The Kier molecular flexibility index (Phi) is 8.15. The maximum atomic E-state index is 12.8. The molecule has 8 heteroatoms. The molecule has 2 heterocycles.